The van der Waals surface area contributed by atoms with Gasteiger partial charge < -0.3 is 19.5 Å². The van der Waals surface area contributed by atoms with Gasteiger partial charge in [0.15, 0.2) is 11.5 Å². The minimum Gasteiger partial charge on any atom is -0.493 e. The molecule has 0 fully saturated rings. The topological polar surface area (TPSA) is 56.8 Å². The Morgan fingerprint density at radius 1 is 1.00 bits per heavy atom. The van der Waals surface area contributed by atoms with Crippen molar-refractivity contribution in [3.8, 4) is 17.2 Å². The lowest BCUT2D eigenvalue weighted by Gasteiger charge is -2.18. The maximum absolute atomic E-state index is 12.6. The number of amides is 1. The summed E-state index contributed by atoms with van der Waals surface area (Å²) >= 11 is 0. The Morgan fingerprint density at radius 3 is 2.04 bits per heavy atom. The van der Waals surface area contributed by atoms with Gasteiger partial charge in [-0.15, -0.1) is 0 Å². The number of carbonyl (C=O) groups excluding carboxylic acids is 1. The van der Waals surface area contributed by atoms with E-state index in [0.717, 1.165) is 17.5 Å². The van der Waals surface area contributed by atoms with Gasteiger partial charge >= 0.3 is 0 Å². The van der Waals surface area contributed by atoms with Crippen molar-refractivity contribution in [3.05, 3.63) is 53.1 Å². The van der Waals surface area contributed by atoms with Crippen LogP contribution in [0.25, 0.3) is 0 Å². The average molecular weight is 357 g/mol. The van der Waals surface area contributed by atoms with Crippen LogP contribution in [-0.4, -0.2) is 27.2 Å². The highest BCUT2D eigenvalue weighted by Crippen LogP contribution is 2.38. The van der Waals surface area contributed by atoms with Crippen LogP contribution in [0.15, 0.2) is 36.4 Å². The van der Waals surface area contributed by atoms with E-state index < -0.39 is 0 Å². The summed E-state index contributed by atoms with van der Waals surface area (Å²) < 4.78 is 16.0. The van der Waals surface area contributed by atoms with Gasteiger partial charge in [0.2, 0.25) is 11.7 Å². The van der Waals surface area contributed by atoms with Gasteiger partial charge in [0.25, 0.3) is 0 Å². The summed E-state index contributed by atoms with van der Waals surface area (Å²) in [6.45, 7) is 4.11. The van der Waals surface area contributed by atoms with Crippen LogP contribution >= 0.6 is 0 Å². The molecule has 0 saturated carbocycles. The van der Waals surface area contributed by atoms with Crippen molar-refractivity contribution < 1.29 is 19.0 Å². The van der Waals surface area contributed by atoms with E-state index in [2.05, 4.69) is 36.5 Å². The molecule has 26 heavy (non-hydrogen) atoms. The zero-order valence-corrected chi connectivity index (χ0v) is 16.1. The molecule has 0 aromatic heterocycles. The fraction of sp³-hybridized carbons (Fsp3) is 0.381. The Morgan fingerprint density at radius 2 is 1.58 bits per heavy atom. The molecule has 0 aliphatic heterocycles. The molecule has 5 heteroatoms. The Hall–Kier alpha value is -2.69. The SMILES string of the molecule is CCC(NC(=O)Cc1cc(OC)c(OC)c(OC)c1)c1ccc(C)cc1. The molecule has 5 nitrogen and oxygen atoms in total. The zero-order chi connectivity index (χ0) is 19.1. The molecular weight excluding hydrogens is 330 g/mol. The Bertz CT molecular complexity index is 715. The molecule has 140 valence electrons. The van der Waals surface area contributed by atoms with Crippen molar-refractivity contribution in [2.24, 2.45) is 0 Å². The van der Waals surface area contributed by atoms with Crippen LogP contribution in [0.5, 0.6) is 17.2 Å². The maximum Gasteiger partial charge on any atom is 0.224 e. The lowest BCUT2D eigenvalue weighted by atomic mass is 10.0. The molecule has 0 heterocycles. The van der Waals surface area contributed by atoms with E-state index in [0.29, 0.717) is 17.2 Å². The van der Waals surface area contributed by atoms with Crippen LogP contribution in [0, 0.1) is 6.92 Å². The molecule has 0 radical (unpaired) electrons. The van der Waals surface area contributed by atoms with E-state index in [9.17, 15) is 4.79 Å². The van der Waals surface area contributed by atoms with Crippen molar-refractivity contribution in [1.82, 2.24) is 5.32 Å². The van der Waals surface area contributed by atoms with Gasteiger partial charge in [0.1, 0.15) is 0 Å². The van der Waals surface area contributed by atoms with Crippen molar-refractivity contribution in [3.63, 3.8) is 0 Å². The van der Waals surface area contributed by atoms with Gasteiger partial charge in [0, 0.05) is 0 Å². The van der Waals surface area contributed by atoms with Gasteiger partial charge in [-0.05, 0) is 36.6 Å². The number of methoxy groups -OCH3 is 3. The second-order valence-electron chi connectivity index (χ2n) is 6.15. The van der Waals surface area contributed by atoms with Crippen molar-refractivity contribution in [1.29, 1.82) is 0 Å². The normalized spacial score (nSPS) is 11.6. The van der Waals surface area contributed by atoms with Gasteiger partial charge in [0.05, 0.1) is 33.8 Å². The molecule has 1 N–H and O–H groups in total. The number of benzene rings is 2. The largest absolute Gasteiger partial charge is 0.493 e. The quantitative estimate of drug-likeness (QED) is 0.780. The second-order valence-corrected chi connectivity index (χ2v) is 6.15. The Labute approximate surface area is 155 Å². The molecule has 0 saturated heterocycles. The third kappa shape index (κ3) is 4.69. The van der Waals surface area contributed by atoms with Crippen LogP contribution in [0.4, 0.5) is 0 Å². The molecule has 2 aromatic rings. The zero-order valence-electron chi connectivity index (χ0n) is 16.1. The standard InChI is InChI=1S/C21H27NO4/c1-6-17(16-9-7-14(2)8-10-16)22-20(23)13-15-11-18(24-3)21(26-5)19(12-15)25-4/h7-12,17H,6,13H2,1-5H3,(H,22,23). The van der Waals surface area contributed by atoms with E-state index in [4.69, 9.17) is 14.2 Å². The summed E-state index contributed by atoms with van der Waals surface area (Å²) in [6, 6.07) is 11.8. The lowest BCUT2D eigenvalue weighted by Crippen LogP contribution is -2.29. The first-order valence-electron chi connectivity index (χ1n) is 8.67. The van der Waals surface area contributed by atoms with Crippen LogP contribution in [0.2, 0.25) is 0 Å². The van der Waals surface area contributed by atoms with Crippen molar-refractivity contribution in [2.45, 2.75) is 32.7 Å². The molecular formula is C21H27NO4. The highest BCUT2D eigenvalue weighted by atomic mass is 16.5. The Balaban J connectivity index is 2.14. The van der Waals surface area contributed by atoms with Gasteiger partial charge in [-0.1, -0.05) is 36.8 Å². The predicted octanol–water partition coefficient (Wildman–Crippen LogP) is 3.83. The number of aryl methyl sites for hydroxylation is 1. The first-order valence-corrected chi connectivity index (χ1v) is 8.67. The molecule has 1 amide bonds. The van der Waals surface area contributed by atoms with Gasteiger partial charge in [-0.3, -0.25) is 4.79 Å². The minimum atomic E-state index is -0.0494. The van der Waals surface area contributed by atoms with E-state index in [1.807, 2.05) is 6.92 Å². The first-order chi connectivity index (χ1) is 12.5. The smallest absolute Gasteiger partial charge is 0.224 e. The summed E-state index contributed by atoms with van der Waals surface area (Å²) in [5.74, 6) is 1.55. The fourth-order valence-electron chi connectivity index (χ4n) is 2.89. The van der Waals surface area contributed by atoms with E-state index >= 15 is 0 Å². The highest BCUT2D eigenvalue weighted by Gasteiger charge is 2.17. The number of carbonyl (C=O) groups is 1. The molecule has 1 unspecified atom stereocenters. The van der Waals surface area contributed by atoms with Crippen molar-refractivity contribution in [2.75, 3.05) is 21.3 Å². The highest BCUT2D eigenvalue weighted by molar-refractivity contribution is 5.79. The van der Waals surface area contributed by atoms with Gasteiger partial charge in [-0.2, -0.15) is 0 Å². The number of rotatable bonds is 8. The number of hydrogen-bond donors (Lipinski definition) is 1. The molecule has 2 rings (SSSR count). The summed E-state index contributed by atoms with van der Waals surface area (Å²) in [5, 5.41) is 3.10. The Kier molecular flexibility index (Phi) is 6.89. The fourth-order valence-corrected chi connectivity index (χ4v) is 2.89. The monoisotopic (exact) mass is 357 g/mol. The first kappa shape index (κ1) is 19.6. The molecule has 0 aliphatic carbocycles. The van der Waals surface area contributed by atoms with Crippen LogP contribution in [0.3, 0.4) is 0 Å². The third-order valence-electron chi connectivity index (χ3n) is 4.31. The van der Waals surface area contributed by atoms with E-state index in [1.165, 1.54) is 5.56 Å². The summed E-state index contributed by atoms with van der Waals surface area (Å²) in [7, 11) is 4.68. The lowest BCUT2D eigenvalue weighted by molar-refractivity contribution is -0.121. The van der Waals surface area contributed by atoms with E-state index in [1.54, 1.807) is 33.5 Å². The average Bonchev–Trinajstić information content (AvgIpc) is 2.65. The predicted molar refractivity (Wildman–Crippen MR) is 102 cm³/mol. The summed E-state index contributed by atoms with van der Waals surface area (Å²) in [5.41, 5.74) is 3.11. The van der Waals surface area contributed by atoms with Crippen LogP contribution in [0.1, 0.15) is 36.1 Å². The summed E-state index contributed by atoms with van der Waals surface area (Å²) in [6.07, 6.45) is 1.06. The van der Waals surface area contributed by atoms with Crippen molar-refractivity contribution >= 4 is 5.91 Å². The molecule has 0 aliphatic rings. The third-order valence-corrected chi connectivity index (χ3v) is 4.31. The number of ether oxygens (including phenoxy) is 3. The number of nitrogens with one attached hydrogen (secondary N) is 1. The molecule has 2 aromatic carbocycles. The van der Waals surface area contributed by atoms with E-state index in [-0.39, 0.29) is 18.4 Å². The molecule has 0 bridgehead atoms. The molecule has 0 spiro atoms. The second kappa shape index (κ2) is 9.13. The maximum atomic E-state index is 12.6. The minimum absolute atomic E-state index is 0.00913. The number of hydrogen-bond acceptors (Lipinski definition) is 4. The van der Waals surface area contributed by atoms with Gasteiger partial charge in [-0.25, -0.2) is 0 Å². The summed E-state index contributed by atoms with van der Waals surface area (Å²) in [4.78, 5) is 12.6. The van der Waals surface area contributed by atoms with Crippen LogP contribution in [-0.2, 0) is 11.2 Å². The molecule has 1 atom stereocenters. The van der Waals surface area contributed by atoms with Crippen LogP contribution < -0.4 is 19.5 Å².